The fourth-order valence-electron chi connectivity index (χ4n) is 3.05. The second-order valence-electron chi connectivity index (χ2n) is 6.33. The molecule has 0 aromatic carbocycles. The minimum absolute atomic E-state index is 0.229. The maximum atomic E-state index is 11.7. The van der Waals surface area contributed by atoms with E-state index < -0.39 is 0 Å². The van der Waals surface area contributed by atoms with Gasteiger partial charge in [-0.25, -0.2) is 0 Å². The molecule has 0 aliphatic carbocycles. The standard InChI is InChI=1S/C17H30N6O/c1-5-16(24)22-10-7-15(12-22)20-17(18-4)19-8-6-9-23-14(3)11-13(2)21-23/h11,15H,5-10,12H2,1-4H3,(H2,18,19,20). The molecule has 2 heterocycles. The van der Waals surface area contributed by atoms with Gasteiger partial charge in [0.05, 0.1) is 5.69 Å². The summed E-state index contributed by atoms with van der Waals surface area (Å²) in [4.78, 5) is 17.9. The van der Waals surface area contributed by atoms with Gasteiger partial charge in [-0.05, 0) is 32.8 Å². The van der Waals surface area contributed by atoms with Gasteiger partial charge >= 0.3 is 0 Å². The second kappa shape index (κ2) is 8.70. The molecule has 1 unspecified atom stereocenters. The Balaban J connectivity index is 1.69. The van der Waals surface area contributed by atoms with Crippen LogP contribution >= 0.6 is 0 Å². The van der Waals surface area contributed by atoms with E-state index in [-0.39, 0.29) is 11.9 Å². The Morgan fingerprint density at radius 3 is 2.88 bits per heavy atom. The molecular weight excluding hydrogens is 304 g/mol. The maximum Gasteiger partial charge on any atom is 0.222 e. The van der Waals surface area contributed by atoms with Gasteiger partial charge in [0.1, 0.15) is 0 Å². The molecule has 2 rings (SSSR count). The Hall–Kier alpha value is -2.05. The van der Waals surface area contributed by atoms with Crippen molar-refractivity contribution in [2.24, 2.45) is 4.99 Å². The molecule has 7 nitrogen and oxygen atoms in total. The Bertz CT molecular complexity index is 580. The summed E-state index contributed by atoms with van der Waals surface area (Å²) in [6.45, 7) is 9.33. The third-order valence-corrected chi connectivity index (χ3v) is 4.35. The molecule has 1 aliphatic rings. The predicted octanol–water partition coefficient (Wildman–Crippen LogP) is 1.07. The number of aromatic nitrogens is 2. The van der Waals surface area contributed by atoms with Gasteiger partial charge in [0.15, 0.2) is 5.96 Å². The summed E-state index contributed by atoms with van der Waals surface area (Å²) in [5, 5.41) is 11.2. The minimum atomic E-state index is 0.229. The van der Waals surface area contributed by atoms with E-state index in [9.17, 15) is 4.79 Å². The number of nitrogens with one attached hydrogen (secondary N) is 2. The molecule has 24 heavy (non-hydrogen) atoms. The van der Waals surface area contributed by atoms with Crippen molar-refractivity contribution in [2.75, 3.05) is 26.7 Å². The lowest BCUT2D eigenvalue weighted by Gasteiger charge is -2.18. The van der Waals surface area contributed by atoms with Gasteiger partial charge in [0.2, 0.25) is 5.91 Å². The topological polar surface area (TPSA) is 74.6 Å². The lowest BCUT2D eigenvalue weighted by atomic mass is 10.3. The summed E-state index contributed by atoms with van der Waals surface area (Å²) < 4.78 is 2.04. The van der Waals surface area contributed by atoms with Gasteiger partial charge in [-0.15, -0.1) is 0 Å². The largest absolute Gasteiger partial charge is 0.356 e. The number of likely N-dealkylation sites (tertiary alicyclic amines) is 1. The molecule has 0 spiro atoms. The fraction of sp³-hybridized carbons (Fsp3) is 0.706. The van der Waals surface area contributed by atoms with Crippen LogP contribution in [0.4, 0.5) is 0 Å². The highest BCUT2D eigenvalue weighted by Gasteiger charge is 2.25. The number of carbonyl (C=O) groups is 1. The van der Waals surface area contributed by atoms with Gasteiger partial charge < -0.3 is 15.5 Å². The zero-order valence-corrected chi connectivity index (χ0v) is 15.3. The summed E-state index contributed by atoms with van der Waals surface area (Å²) in [5.74, 6) is 1.03. The number of rotatable bonds is 6. The zero-order chi connectivity index (χ0) is 17.5. The Labute approximate surface area is 144 Å². The van der Waals surface area contributed by atoms with E-state index in [1.54, 1.807) is 7.05 Å². The highest BCUT2D eigenvalue weighted by Crippen LogP contribution is 2.10. The number of guanidine groups is 1. The Morgan fingerprint density at radius 1 is 1.46 bits per heavy atom. The van der Waals surface area contributed by atoms with Crippen LogP contribution < -0.4 is 10.6 Å². The highest BCUT2D eigenvalue weighted by atomic mass is 16.2. The van der Waals surface area contributed by atoms with Crippen molar-refractivity contribution in [1.29, 1.82) is 0 Å². The molecule has 1 atom stereocenters. The first kappa shape index (κ1) is 18.3. The molecule has 0 radical (unpaired) electrons. The Morgan fingerprint density at radius 2 is 2.25 bits per heavy atom. The van der Waals surface area contributed by atoms with Crippen LogP contribution in [0.15, 0.2) is 11.1 Å². The van der Waals surface area contributed by atoms with Crippen molar-refractivity contribution in [3.8, 4) is 0 Å². The van der Waals surface area contributed by atoms with Crippen LogP contribution in [0.25, 0.3) is 0 Å². The number of aryl methyl sites for hydroxylation is 3. The van der Waals surface area contributed by atoms with Gasteiger partial charge in [-0.2, -0.15) is 5.10 Å². The molecule has 0 bridgehead atoms. The van der Waals surface area contributed by atoms with Crippen molar-refractivity contribution in [2.45, 2.75) is 52.6 Å². The quantitative estimate of drug-likeness (QED) is 0.463. The fourth-order valence-corrected chi connectivity index (χ4v) is 3.05. The summed E-state index contributed by atoms with van der Waals surface area (Å²) in [7, 11) is 1.78. The van der Waals surface area contributed by atoms with E-state index in [0.29, 0.717) is 6.42 Å². The maximum absolute atomic E-state index is 11.7. The van der Waals surface area contributed by atoms with Gasteiger partial charge in [0, 0.05) is 51.4 Å². The number of hydrogen-bond acceptors (Lipinski definition) is 3. The van der Waals surface area contributed by atoms with Crippen molar-refractivity contribution in [3.05, 3.63) is 17.5 Å². The molecule has 0 saturated carbocycles. The number of aliphatic imine (C=N–C) groups is 1. The van der Waals surface area contributed by atoms with E-state index in [0.717, 1.165) is 50.7 Å². The summed E-state index contributed by atoms with van der Waals surface area (Å²) in [5.41, 5.74) is 2.26. The van der Waals surface area contributed by atoms with Crippen LogP contribution in [-0.2, 0) is 11.3 Å². The summed E-state index contributed by atoms with van der Waals surface area (Å²) >= 11 is 0. The monoisotopic (exact) mass is 334 g/mol. The smallest absolute Gasteiger partial charge is 0.222 e. The van der Waals surface area contributed by atoms with Crippen LogP contribution in [0.3, 0.4) is 0 Å². The first-order chi connectivity index (χ1) is 11.5. The molecule has 1 aromatic heterocycles. The Kier molecular flexibility index (Phi) is 6.63. The summed E-state index contributed by atoms with van der Waals surface area (Å²) in [6, 6.07) is 2.37. The highest BCUT2D eigenvalue weighted by molar-refractivity contribution is 5.80. The van der Waals surface area contributed by atoms with Crippen molar-refractivity contribution in [1.82, 2.24) is 25.3 Å². The van der Waals surface area contributed by atoms with Gasteiger partial charge in [-0.1, -0.05) is 6.92 Å². The van der Waals surface area contributed by atoms with Gasteiger partial charge in [0.25, 0.3) is 0 Å². The molecule has 1 amide bonds. The van der Waals surface area contributed by atoms with E-state index in [2.05, 4.69) is 33.7 Å². The van der Waals surface area contributed by atoms with E-state index in [1.165, 1.54) is 5.69 Å². The number of amides is 1. The average Bonchev–Trinajstić information content (AvgIpc) is 3.15. The van der Waals surface area contributed by atoms with Crippen LogP contribution in [0, 0.1) is 13.8 Å². The SMILES string of the molecule is CCC(=O)N1CCC(NC(=NC)NCCCn2nc(C)cc2C)C1. The molecule has 7 heteroatoms. The normalized spacial score (nSPS) is 18.1. The first-order valence-corrected chi connectivity index (χ1v) is 8.79. The summed E-state index contributed by atoms with van der Waals surface area (Å²) in [6.07, 6.45) is 2.53. The second-order valence-corrected chi connectivity index (χ2v) is 6.33. The average molecular weight is 334 g/mol. The lowest BCUT2D eigenvalue weighted by molar-refractivity contribution is -0.129. The van der Waals surface area contributed by atoms with Gasteiger partial charge in [-0.3, -0.25) is 14.5 Å². The molecule has 2 N–H and O–H groups in total. The van der Waals surface area contributed by atoms with E-state index in [4.69, 9.17) is 0 Å². The molecule has 1 aromatic rings. The van der Waals surface area contributed by atoms with Crippen LogP contribution in [0.1, 0.15) is 37.6 Å². The molecule has 1 aliphatic heterocycles. The van der Waals surface area contributed by atoms with Crippen molar-refractivity contribution < 1.29 is 4.79 Å². The van der Waals surface area contributed by atoms with Crippen LogP contribution in [0.5, 0.6) is 0 Å². The van der Waals surface area contributed by atoms with Crippen molar-refractivity contribution >= 4 is 11.9 Å². The third-order valence-electron chi connectivity index (χ3n) is 4.35. The van der Waals surface area contributed by atoms with Crippen LogP contribution in [0.2, 0.25) is 0 Å². The van der Waals surface area contributed by atoms with E-state index >= 15 is 0 Å². The minimum Gasteiger partial charge on any atom is -0.356 e. The van der Waals surface area contributed by atoms with Crippen molar-refractivity contribution in [3.63, 3.8) is 0 Å². The first-order valence-electron chi connectivity index (χ1n) is 8.79. The lowest BCUT2D eigenvalue weighted by Crippen LogP contribution is -2.45. The zero-order valence-electron chi connectivity index (χ0n) is 15.3. The molecule has 1 saturated heterocycles. The third kappa shape index (κ3) is 4.97. The predicted molar refractivity (Wildman–Crippen MR) is 96.1 cm³/mol. The van der Waals surface area contributed by atoms with E-state index in [1.807, 2.05) is 23.4 Å². The number of carbonyl (C=O) groups excluding carboxylic acids is 1. The molecule has 134 valence electrons. The number of nitrogens with zero attached hydrogens (tertiary/aromatic N) is 4. The number of hydrogen-bond donors (Lipinski definition) is 2. The molecular formula is C17H30N6O. The molecule has 1 fully saturated rings. The van der Waals surface area contributed by atoms with Crippen LogP contribution in [-0.4, -0.2) is 59.3 Å².